The number of hydrogen-bond acceptors (Lipinski definition) is 6. The molecule has 0 radical (unpaired) electrons. The molecule has 0 atom stereocenters. The number of hydrogen-bond donors (Lipinski definition) is 1. The summed E-state index contributed by atoms with van der Waals surface area (Å²) in [5.41, 5.74) is 6.32. The van der Waals surface area contributed by atoms with Crippen molar-refractivity contribution < 1.29 is 39.1 Å². The van der Waals surface area contributed by atoms with Crippen LogP contribution in [0.3, 0.4) is 0 Å². The van der Waals surface area contributed by atoms with Crippen LogP contribution in [0.5, 0.6) is 0 Å². The number of piperazine rings is 2. The molecule has 8 nitrogen and oxygen atoms in total. The summed E-state index contributed by atoms with van der Waals surface area (Å²) in [4.78, 5) is 35.1. The van der Waals surface area contributed by atoms with Crippen LogP contribution in [0, 0.1) is 7.43 Å². The predicted octanol–water partition coefficient (Wildman–Crippen LogP) is 3.54. The summed E-state index contributed by atoms with van der Waals surface area (Å²) in [5, 5.41) is 3.27. The van der Waals surface area contributed by atoms with Crippen LogP contribution in [0.25, 0.3) is 0 Å². The van der Waals surface area contributed by atoms with Crippen LogP contribution in [0.2, 0.25) is 0 Å². The Labute approximate surface area is 349 Å². The normalized spacial score (nSPS) is 16.3. The molecular weight excluding hydrogens is 735 g/mol. The van der Waals surface area contributed by atoms with Crippen LogP contribution < -0.4 is 34.9 Å². The number of halogens is 1. The number of rotatable bonds is 4. The molecule has 4 aromatic rings. The van der Waals surface area contributed by atoms with Crippen molar-refractivity contribution in [2.24, 2.45) is 0 Å². The molecule has 2 amide bonds. The molecule has 280 valence electrons. The Morgan fingerprint density at radius 1 is 0.509 bits per heavy atom. The van der Waals surface area contributed by atoms with Crippen LogP contribution >= 0.6 is 15.9 Å². The summed E-state index contributed by atoms with van der Waals surface area (Å²) in [5.74, 6) is 2.10. The fraction of sp³-hybridized carbons (Fsp3) is 0.372. The number of nitrogens with one attached hydrogen (secondary N) is 1. The maximum absolute atomic E-state index is 12.1. The van der Waals surface area contributed by atoms with Crippen LogP contribution in [0.4, 0.5) is 0 Å². The summed E-state index contributed by atoms with van der Waals surface area (Å²) in [6, 6.07) is 35.9. The van der Waals surface area contributed by atoms with Gasteiger partial charge >= 0.3 is 29.6 Å². The number of benzene rings is 4. The standard InChI is InChI=1S/2C15H13NO.C6H14N2.C5H12N2.CH3Br.CH3.Na/c2*17-15-14-9-5-4-8-13(14)11-16(15)10-12-6-2-1-3-7-12;1-7-3-5-8(2)6-4-7;1-7-4-2-6-3-5-7;1-2;;/h2*1-9H,10-11H2;3-6H2,1-2H3;6H,2-5H2,1H3;1H3;1H3;/q;;;;;-1;+1. The Balaban J connectivity index is 0.000000253. The number of carbonyl (C=O) groups is 2. The van der Waals surface area contributed by atoms with Gasteiger partial charge in [0.25, 0.3) is 11.8 Å². The van der Waals surface area contributed by atoms with Crippen LogP contribution in [0.15, 0.2) is 109 Å². The smallest absolute Gasteiger partial charge is 0.358 e. The molecule has 0 unspecified atom stereocenters. The molecule has 4 aliphatic rings. The van der Waals surface area contributed by atoms with E-state index < -0.39 is 0 Å². The van der Waals surface area contributed by atoms with Gasteiger partial charge in [-0.3, -0.25) is 9.59 Å². The minimum atomic E-state index is 0. The first-order valence-corrected chi connectivity index (χ1v) is 19.4. The van der Waals surface area contributed by atoms with Gasteiger partial charge in [-0.05, 0) is 61.4 Å². The second-order valence-corrected chi connectivity index (χ2v) is 13.3. The summed E-state index contributed by atoms with van der Waals surface area (Å²) in [6.07, 6.45) is 0. The molecule has 4 heterocycles. The van der Waals surface area contributed by atoms with Gasteiger partial charge in [-0.25, -0.2) is 0 Å². The zero-order valence-corrected chi connectivity index (χ0v) is 36.4. The van der Waals surface area contributed by atoms with Crippen LogP contribution in [0.1, 0.15) is 43.0 Å². The predicted molar refractivity (Wildman–Crippen MR) is 220 cm³/mol. The molecular formula is C43H58BrN6NaO2. The third-order valence-electron chi connectivity index (χ3n) is 9.29. The largest absolute Gasteiger partial charge is 1.00 e. The first-order chi connectivity index (χ1) is 24.9. The van der Waals surface area contributed by atoms with Gasteiger partial charge in [-0.15, -0.1) is 0 Å². The molecule has 0 bridgehead atoms. The van der Waals surface area contributed by atoms with E-state index in [0.717, 1.165) is 48.4 Å². The van der Waals surface area contributed by atoms with Crippen molar-refractivity contribution in [3.05, 3.63) is 150 Å². The first kappa shape index (κ1) is 46.3. The zero-order chi connectivity index (χ0) is 36.4. The number of alkyl halides is 1. The third-order valence-corrected chi connectivity index (χ3v) is 9.29. The van der Waals surface area contributed by atoms with E-state index in [2.05, 4.69) is 81.4 Å². The molecule has 0 spiro atoms. The fourth-order valence-electron chi connectivity index (χ4n) is 6.18. The molecule has 4 aromatic carbocycles. The van der Waals surface area contributed by atoms with E-state index in [1.54, 1.807) is 0 Å². The minimum Gasteiger partial charge on any atom is -0.358 e. The van der Waals surface area contributed by atoms with Crippen molar-refractivity contribution in [2.45, 2.75) is 26.2 Å². The van der Waals surface area contributed by atoms with E-state index in [9.17, 15) is 9.59 Å². The van der Waals surface area contributed by atoms with Gasteiger partial charge in [-0.1, -0.05) is 113 Å². The van der Waals surface area contributed by atoms with E-state index in [1.165, 1.54) is 50.4 Å². The molecule has 0 aliphatic carbocycles. The Hall–Kier alpha value is -2.86. The maximum Gasteiger partial charge on any atom is 1.00 e. The Kier molecular flexibility index (Phi) is 22.1. The maximum atomic E-state index is 12.1. The number of carbonyl (C=O) groups excluding carboxylic acids is 2. The van der Waals surface area contributed by atoms with E-state index in [0.29, 0.717) is 13.1 Å². The number of amides is 2. The Morgan fingerprint density at radius 3 is 1.15 bits per heavy atom. The Morgan fingerprint density at radius 2 is 0.830 bits per heavy atom. The molecule has 53 heavy (non-hydrogen) atoms. The fourth-order valence-corrected chi connectivity index (χ4v) is 6.18. The van der Waals surface area contributed by atoms with Gasteiger partial charge in [0.1, 0.15) is 0 Å². The van der Waals surface area contributed by atoms with Gasteiger partial charge in [0, 0.05) is 89.7 Å². The van der Waals surface area contributed by atoms with Crippen LogP contribution in [-0.2, 0) is 26.2 Å². The van der Waals surface area contributed by atoms with Crippen LogP contribution in [-0.4, -0.2) is 116 Å². The number of likely N-dealkylation sites (N-methyl/N-ethyl adjacent to an activating group) is 3. The minimum absolute atomic E-state index is 0. The van der Waals surface area contributed by atoms with Crippen molar-refractivity contribution in [3.63, 3.8) is 0 Å². The monoisotopic (exact) mass is 792 g/mol. The van der Waals surface area contributed by atoms with Crippen molar-refractivity contribution in [1.29, 1.82) is 0 Å². The molecule has 2 saturated heterocycles. The van der Waals surface area contributed by atoms with E-state index in [1.807, 2.05) is 101 Å². The quantitative estimate of drug-likeness (QED) is 0.194. The van der Waals surface area contributed by atoms with E-state index in [-0.39, 0.29) is 48.8 Å². The molecule has 0 aromatic heterocycles. The summed E-state index contributed by atoms with van der Waals surface area (Å²) in [7, 11) is 6.50. The Bertz CT molecular complexity index is 1500. The van der Waals surface area contributed by atoms with E-state index >= 15 is 0 Å². The topological polar surface area (TPSA) is 62.4 Å². The van der Waals surface area contributed by atoms with Gasteiger partial charge in [0.05, 0.1) is 0 Å². The molecule has 1 N–H and O–H groups in total. The van der Waals surface area contributed by atoms with Gasteiger partial charge in [0.15, 0.2) is 0 Å². The molecule has 0 saturated carbocycles. The van der Waals surface area contributed by atoms with Gasteiger partial charge in [-0.2, -0.15) is 0 Å². The van der Waals surface area contributed by atoms with Gasteiger partial charge in [0.2, 0.25) is 0 Å². The van der Waals surface area contributed by atoms with Crippen molar-refractivity contribution in [1.82, 2.24) is 29.8 Å². The summed E-state index contributed by atoms with van der Waals surface area (Å²) >= 11 is 2.94. The zero-order valence-electron chi connectivity index (χ0n) is 32.8. The first-order valence-electron chi connectivity index (χ1n) is 17.8. The SMILES string of the molecule is CBr.CN1CCN(C)CC1.CN1CCNCC1.O=C1c2ccccc2CN1Cc1ccccc1.O=C1c2ccccc2CN1Cc1ccccc1.[CH3-].[Na+]. The van der Waals surface area contributed by atoms with Crippen molar-refractivity contribution in [2.75, 3.05) is 79.3 Å². The van der Waals surface area contributed by atoms with Crippen molar-refractivity contribution in [3.8, 4) is 0 Å². The molecule has 10 heteroatoms. The number of nitrogens with zero attached hydrogens (tertiary/aromatic N) is 5. The molecule has 2 fully saturated rings. The summed E-state index contributed by atoms with van der Waals surface area (Å²) in [6.45, 7) is 12.5. The second-order valence-electron chi connectivity index (χ2n) is 13.3. The number of fused-ring (bicyclic) bond motifs is 2. The molecule has 8 rings (SSSR count). The molecule has 4 aliphatic heterocycles. The third kappa shape index (κ3) is 15.1. The second kappa shape index (κ2) is 25.3. The average Bonchev–Trinajstić information content (AvgIpc) is 3.67. The van der Waals surface area contributed by atoms with Crippen molar-refractivity contribution >= 4 is 27.7 Å². The van der Waals surface area contributed by atoms with Gasteiger partial charge < -0.3 is 37.2 Å². The average molecular weight is 794 g/mol. The summed E-state index contributed by atoms with van der Waals surface area (Å²) < 4.78 is 0. The van der Waals surface area contributed by atoms with E-state index in [4.69, 9.17) is 0 Å².